The molecule has 0 saturated carbocycles. The maximum atomic E-state index is 9.76. The highest BCUT2D eigenvalue weighted by Crippen LogP contribution is 2.14. The van der Waals surface area contributed by atoms with Gasteiger partial charge in [0.15, 0.2) is 0 Å². The first-order chi connectivity index (χ1) is 7.25. The van der Waals surface area contributed by atoms with Crippen LogP contribution in [0.15, 0.2) is 24.8 Å². The monoisotopic (exact) mass is 206 g/mol. The molecule has 0 radical (unpaired) electrons. The summed E-state index contributed by atoms with van der Waals surface area (Å²) in [5.41, 5.74) is 1.13. The summed E-state index contributed by atoms with van der Waals surface area (Å²) in [7, 11) is 1.88. The second-order valence-corrected chi connectivity index (χ2v) is 3.55. The van der Waals surface area contributed by atoms with Gasteiger partial charge >= 0.3 is 0 Å². The fourth-order valence-electron chi connectivity index (χ4n) is 1.50. The summed E-state index contributed by atoms with van der Waals surface area (Å²) < 4.78 is 1.76. The Hall–Kier alpha value is -1.62. The minimum atomic E-state index is -0.528. The van der Waals surface area contributed by atoms with Crippen LogP contribution < -0.4 is 0 Å². The summed E-state index contributed by atoms with van der Waals surface area (Å²) >= 11 is 0. The van der Waals surface area contributed by atoms with Crippen molar-refractivity contribution >= 4 is 0 Å². The molecule has 5 nitrogen and oxygen atoms in total. The number of nitrogens with one attached hydrogen (secondary N) is 1. The van der Waals surface area contributed by atoms with E-state index in [2.05, 4.69) is 15.1 Å². The highest BCUT2D eigenvalue weighted by Gasteiger charge is 2.09. The zero-order valence-electron chi connectivity index (χ0n) is 8.59. The van der Waals surface area contributed by atoms with Crippen molar-refractivity contribution in [1.29, 1.82) is 0 Å². The number of rotatable bonds is 4. The summed E-state index contributed by atoms with van der Waals surface area (Å²) in [4.78, 5) is 6.90. The fourth-order valence-corrected chi connectivity index (χ4v) is 1.50. The van der Waals surface area contributed by atoms with Crippen molar-refractivity contribution < 1.29 is 5.11 Å². The van der Waals surface area contributed by atoms with Crippen LogP contribution in [0.3, 0.4) is 0 Å². The van der Waals surface area contributed by atoms with Crippen LogP contribution in [-0.2, 0) is 13.5 Å². The second kappa shape index (κ2) is 4.27. The molecule has 0 aliphatic carbocycles. The number of aryl methyl sites for hydroxylation is 2. The molecule has 1 unspecified atom stereocenters. The third kappa shape index (κ3) is 2.44. The molecule has 0 aromatic carbocycles. The van der Waals surface area contributed by atoms with Crippen LogP contribution in [0, 0.1) is 0 Å². The number of hydrogen-bond donors (Lipinski definition) is 2. The molecule has 1 atom stereocenters. The van der Waals surface area contributed by atoms with E-state index >= 15 is 0 Å². The van der Waals surface area contributed by atoms with Crippen LogP contribution in [0.1, 0.15) is 23.9 Å². The molecule has 0 bridgehead atoms. The quantitative estimate of drug-likeness (QED) is 0.778. The first kappa shape index (κ1) is 9.92. The molecule has 0 aliphatic rings. The van der Waals surface area contributed by atoms with Crippen LogP contribution in [0.25, 0.3) is 0 Å². The lowest BCUT2D eigenvalue weighted by Gasteiger charge is -2.05. The van der Waals surface area contributed by atoms with Gasteiger partial charge < -0.3 is 10.1 Å². The first-order valence-corrected chi connectivity index (χ1v) is 4.90. The molecule has 5 heteroatoms. The van der Waals surface area contributed by atoms with Crippen LogP contribution >= 0.6 is 0 Å². The lowest BCUT2D eigenvalue weighted by molar-refractivity contribution is 0.159. The smallest absolute Gasteiger partial charge is 0.135 e. The van der Waals surface area contributed by atoms with Crippen LogP contribution in [-0.4, -0.2) is 24.9 Å². The molecule has 0 amide bonds. The van der Waals surface area contributed by atoms with Crippen molar-refractivity contribution in [3.8, 4) is 0 Å². The second-order valence-electron chi connectivity index (χ2n) is 3.55. The minimum absolute atomic E-state index is 0.528. The number of hydrogen-bond acceptors (Lipinski definition) is 3. The molecule has 0 saturated heterocycles. The molecular weight excluding hydrogens is 192 g/mol. The van der Waals surface area contributed by atoms with Gasteiger partial charge in [-0.25, -0.2) is 4.98 Å². The van der Waals surface area contributed by atoms with E-state index in [0.29, 0.717) is 12.2 Å². The summed E-state index contributed by atoms with van der Waals surface area (Å²) in [6.07, 6.45) is 8.05. The van der Waals surface area contributed by atoms with Crippen molar-refractivity contribution in [3.63, 3.8) is 0 Å². The maximum absolute atomic E-state index is 9.76. The molecule has 0 aliphatic heterocycles. The van der Waals surface area contributed by atoms with E-state index in [-0.39, 0.29) is 0 Å². The molecule has 2 aromatic heterocycles. The Morgan fingerprint density at radius 2 is 2.47 bits per heavy atom. The number of nitrogens with zero attached hydrogens (tertiary/aromatic N) is 3. The van der Waals surface area contributed by atoms with Gasteiger partial charge in [0.05, 0.1) is 6.20 Å². The molecule has 0 fully saturated rings. The summed E-state index contributed by atoms with van der Waals surface area (Å²) in [6, 6.07) is 0. The molecular formula is C10H14N4O. The van der Waals surface area contributed by atoms with Crippen molar-refractivity contribution in [1.82, 2.24) is 19.7 Å². The standard InChI is InChI=1S/C10H14N4O/c1-14-7-8(6-13-14)2-3-9(15)10-11-4-5-12-10/h4-7,9,15H,2-3H2,1H3,(H,11,12). The number of H-pyrrole nitrogens is 1. The Morgan fingerprint density at radius 1 is 1.60 bits per heavy atom. The summed E-state index contributed by atoms with van der Waals surface area (Å²) in [5, 5.41) is 13.8. The fraction of sp³-hybridized carbons (Fsp3) is 0.400. The van der Waals surface area contributed by atoms with E-state index < -0.39 is 6.10 Å². The largest absolute Gasteiger partial charge is 0.385 e. The van der Waals surface area contributed by atoms with Crippen LogP contribution in [0.4, 0.5) is 0 Å². The van der Waals surface area contributed by atoms with Crippen molar-refractivity contribution in [2.24, 2.45) is 7.05 Å². The predicted molar refractivity (Wildman–Crippen MR) is 55.1 cm³/mol. The maximum Gasteiger partial charge on any atom is 0.135 e. The van der Waals surface area contributed by atoms with Gasteiger partial charge in [-0.3, -0.25) is 4.68 Å². The highest BCUT2D eigenvalue weighted by molar-refractivity contribution is 5.04. The van der Waals surface area contributed by atoms with E-state index in [0.717, 1.165) is 12.0 Å². The van der Waals surface area contributed by atoms with E-state index in [4.69, 9.17) is 0 Å². The number of aromatic amines is 1. The minimum Gasteiger partial charge on any atom is -0.385 e. The van der Waals surface area contributed by atoms with Gasteiger partial charge in [0.25, 0.3) is 0 Å². The van der Waals surface area contributed by atoms with Crippen LogP contribution in [0.5, 0.6) is 0 Å². The Labute approximate surface area is 87.8 Å². The van der Waals surface area contributed by atoms with Crippen molar-refractivity contribution in [2.45, 2.75) is 18.9 Å². The number of imidazole rings is 1. The lowest BCUT2D eigenvalue weighted by atomic mass is 10.1. The molecule has 80 valence electrons. The molecule has 2 heterocycles. The van der Waals surface area contributed by atoms with Gasteiger partial charge in [0, 0.05) is 25.6 Å². The van der Waals surface area contributed by atoms with E-state index in [1.165, 1.54) is 0 Å². The van der Waals surface area contributed by atoms with Gasteiger partial charge in [0.2, 0.25) is 0 Å². The van der Waals surface area contributed by atoms with Gasteiger partial charge in [-0.15, -0.1) is 0 Å². The normalized spacial score (nSPS) is 12.9. The highest BCUT2D eigenvalue weighted by atomic mass is 16.3. The van der Waals surface area contributed by atoms with Gasteiger partial charge in [-0.1, -0.05) is 0 Å². The zero-order valence-corrected chi connectivity index (χ0v) is 8.59. The Morgan fingerprint density at radius 3 is 3.07 bits per heavy atom. The molecule has 2 aromatic rings. The number of aliphatic hydroxyl groups excluding tert-OH is 1. The topological polar surface area (TPSA) is 66.7 Å². The van der Waals surface area contributed by atoms with Gasteiger partial charge in [0.1, 0.15) is 11.9 Å². The average molecular weight is 206 g/mol. The Bertz CT molecular complexity index is 407. The zero-order chi connectivity index (χ0) is 10.7. The molecule has 2 rings (SSSR count). The SMILES string of the molecule is Cn1cc(CCC(O)c2ncc[nH]2)cn1. The van der Waals surface area contributed by atoms with E-state index in [1.807, 2.05) is 19.4 Å². The first-order valence-electron chi connectivity index (χ1n) is 4.90. The van der Waals surface area contributed by atoms with Crippen molar-refractivity contribution in [2.75, 3.05) is 0 Å². The van der Waals surface area contributed by atoms with Gasteiger partial charge in [-0.05, 0) is 18.4 Å². The number of aromatic nitrogens is 4. The van der Waals surface area contributed by atoms with Crippen LogP contribution in [0.2, 0.25) is 0 Å². The molecule has 0 spiro atoms. The Balaban J connectivity index is 1.88. The number of aliphatic hydroxyl groups is 1. The van der Waals surface area contributed by atoms with Gasteiger partial charge in [-0.2, -0.15) is 5.10 Å². The average Bonchev–Trinajstić information content (AvgIpc) is 2.84. The van der Waals surface area contributed by atoms with E-state index in [9.17, 15) is 5.11 Å². The predicted octanol–water partition coefficient (Wildman–Crippen LogP) is 0.809. The third-order valence-electron chi connectivity index (χ3n) is 2.30. The molecule has 2 N–H and O–H groups in total. The lowest BCUT2D eigenvalue weighted by Crippen LogP contribution is -2.01. The summed E-state index contributed by atoms with van der Waals surface area (Å²) in [5.74, 6) is 0.624. The Kier molecular flexibility index (Phi) is 2.82. The van der Waals surface area contributed by atoms with E-state index in [1.54, 1.807) is 17.1 Å². The summed E-state index contributed by atoms with van der Waals surface area (Å²) in [6.45, 7) is 0. The van der Waals surface area contributed by atoms with Crippen molar-refractivity contribution in [3.05, 3.63) is 36.2 Å². The molecule has 15 heavy (non-hydrogen) atoms. The third-order valence-corrected chi connectivity index (χ3v) is 2.30.